The number of alkyl halides is 3. The van der Waals surface area contributed by atoms with Gasteiger partial charge in [0.25, 0.3) is 0 Å². The zero-order valence-electron chi connectivity index (χ0n) is 9.70. The second-order valence-corrected chi connectivity index (χ2v) is 3.82. The van der Waals surface area contributed by atoms with Crippen molar-refractivity contribution in [3.8, 4) is 18.1 Å². The first-order chi connectivity index (χ1) is 8.42. The second-order valence-electron chi connectivity index (χ2n) is 3.82. The van der Waals surface area contributed by atoms with Crippen LogP contribution in [-0.2, 0) is 0 Å². The van der Waals surface area contributed by atoms with Crippen LogP contribution in [0.15, 0.2) is 24.3 Å². The number of halogens is 3. The molecule has 0 aliphatic carbocycles. The summed E-state index contributed by atoms with van der Waals surface area (Å²) in [5.74, 6) is 2.26. The molecular weight excluding hydrogens is 243 g/mol. The lowest BCUT2D eigenvalue weighted by atomic mass is 10.0. The lowest BCUT2D eigenvalue weighted by molar-refractivity contribution is -0.274. The average Bonchev–Trinajstić information content (AvgIpc) is 2.28. The van der Waals surface area contributed by atoms with Gasteiger partial charge in [-0.2, -0.15) is 0 Å². The number of benzene rings is 1. The SMILES string of the molecule is C#CCCCC(N)c1ccc(OC(F)(F)F)cc1. The Morgan fingerprint density at radius 2 is 1.89 bits per heavy atom. The van der Waals surface area contributed by atoms with Gasteiger partial charge in [0.1, 0.15) is 5.75 Å². The highest BCUT2D eigenvalue weighted by Crippen LogP contribution is 2.25. The predicted molar refractivity (Wildman–Crippen MR) is 62.7 cm³/mol. The summed E-state index contributed by atoms with van der Waals surface area (Å²) in [6.07, 6.45) is 2.58. The highest BCUT2D eigenvalue weighted by molar-refractivity contribution is 5.29. The minimum absolute atomic E-state index is 0.224. The first-order valence-corrected chi connectivity index (χ1v) is 5.47. The molecule has 0 saturated heterocycles. The summed E-state index contributed by atoms with van der Waals surface area (Å²) in [4.78, 5) is 0. The summed E-state index contributed by atoms with van der Waals surface area (Å²) in [5, 5.41) is 0. The molecule has 0 radical (unpaired) electrons. The molecule has 0 spiro atoms. The molecule has 0 heterocycles. The zero-order chi connectivity index (χ0) is 13.6. The number of nitrogens with two attached hydrogens (primary N) is 1. The van der Waals surface area contributed by atoms with Crippen molar-refractivity contribution in [3.05, 3.63) is 29.8 Å². The van der Waals surface area contributed by atoms with Crippen LogP contribution in [0.1, 0.15) is 30.9 Å². The first-order valence-electron chi connectivity index (χ1n) is 5.47. The van der Waals surface area contributed by atoms with E-state index in [1.807, 2.05) is 0 Å². The topological polar surface area (TPSA) is 35.2 Å². The van der Waals surface area contributed by atoms with E-state index in [0.717, 1.165) is 12.0 Å². The van der Waals surface area contributed by atoms with E-state index in [2.05, 4.69) is 10.7 Å². The fraction of sp³-hybridized carbons (Fsp3) is 0.385. The standard InChI is InChI=1S/C13H14F3NO/c1-2-3-4-5-12(17)10-6-8-11(9-7-10)18-13(14,15)16/h1,6-9,12H,3-5,17H2. The Hall–Kier alpha value is -1.67. The summed E-state index contributed by atoms with van der Waals surface area (Å²) in [6.45, 7) is 0. The minimum atomic E-state index is -4.67. The van der Waals surface area contributed by atoms with Crippen molar-refractivity contribution >= 4 is 0 Å². The first kappa shape index (κ1) is 14.4. The Bertz CT molecular complexity index is 406. The van der Waals surface area contributed by atoms with Crippen LogP contribution < -0.4 is 10.5 Å². The highest BCUT2D eigenvalue weighted by atomic mass is 19.4. The van der Waals surface area contributed by atoms with E-state index in [1.165, 1.54) is 24.3 Å². The maximum atomic E-state index is 11.9. The lowest BCUT2D eigenvalue weighted by Crippen LogP contribution is -2.17. The van der Waals surface area contributed by atoms with Gasteiger partial charge in [0, 0.05) is 12.5 Å². The molecule has 1 aromatic carbocycles. The van der Waals surface area contributed by atoms with Crippen LogP contribution in [0.25, 0.3) is 0 Å². The number of rotatable bonds is 5. The molecule has 98 valence electrons. The van der Waals surface area contributed by atoms with E-state index in [-0.39, 0.29) is 11.8 Å². The van der Waals surface area contributed by atoms with Crippen molar-refractivity contribution in [2.75, 3.05) is 0 Å². The zero-order valence-corrected chi connectivity index (χ0v) is 9.70. The number of hydrogen-bond acceptors (Lipinski definition) is 2. The molecule has 5 heteroatoms. The Kier molecular flexibility index (Phi) is 5.05. The highest BCUT2D eigenvalue weighted by Gasteiger charge is 2.30. The molecule has 0 aromatic heterocycles. The van der Waals surface area contributed by atoms with Crippen LogP contribution in [0, 0.1) is 12.3 Å². The van der Waals surface area contributed by atoms with Crippen LogP contribution in [0.3, 0.4) is 0 Å². The molecule has 2 nitrogen and oxygen atoms in total. The number of unbranched alkanes of at least 4 members (excludes halogenated alkanes) is 1. The lowest BCUT2D eigenvalue weighted by Gasteiger charge is -2.13. The van der Waals surface area contributed by atoms with Crippen LogP contribution in [-0.4, -0.2) is 6.36 Å². The van der Waals surface area contributed by atoms with Crippen molar-refractivity contribution in [1.29, 1.82) is 0 Å². The molecule has 0 bridgehead atoms. The van der Waals surface area contributed by atoms with Crippen molar-refractivity contribution in [2.24, 2.45) is 5.73 Å². The van der Waals surface area contributed by atoms with E-state index in [9.17, 15) is 13.2 Å². The summed E-state index contributed by atoms with van der Waals surface area (Å²) in [6, 6.07) is 5.34. The van der Waals surface area contributed by atoms with Crippen LogP contribution >= 0.6 is 0 Å². The summed E-state index contributed by atoms with van der Waals surface area (Å²) in [7, 11) is 0. The molecular formula is C13H14F3NO. The third kappa shape index (κ3) is 5.11. The Morgan fingerprint density at radius 3 is 2.39 bits per heavy atom. The average molecular weight is 257 g/mol. The fourth-order valence-corrected chi connectivity index (χ4v) is 1.51. The van der Waals surface area contributed by atoms with Gasteiger partial charge in [-0.15, -0.1) is 25.5 Å². The second kappa shape index (κ2) is 6.31. The molecule has 2 N–H and O–H groups in total. The Morgan fingerprint density at radius 1 is 1.28 bits per heavy atom. The predicted octanol–water partition coefficient (Wildman–Crippen LogP) is 3.39. The van der Waals surface area contributed by atoms with Crippen molar-refractivity contribution in [1.82, 2.24) is 0 Å². The summed E-state index contributed by atoms with van der Waals surface area (Å²) in [5.41, 5.74) is 6.65. The van der Waals surface area contributed by atoms with Crippen LogP contribution in [0.5, 0.6) is 5.75 Å². The quantitative estimate of drug-likeness (QED) is 0.648. The molecule has 1 unspecified atom stereocenters. The minimum Gasteiger partial charge on any atom is -0.406 e. The molecule has 1 aromatic rings. The molecule has 1 atom stereocenters. The fourth-order valence-electron chi connectivity index (χ4n) is 1.51. The molecule has 0 fully saturated rings. The third-order valence-corrected chi connectivity index (χ3v) is 2.38. The van der Waals surface area contributed by atoms with E-state index in [1.54, 1.807) is 0 Å². The van der Waals surface area contributed by atoms with Gasteiger partial charge >= 0.3 is 6.36 Å². The van der Waals surface area contributed by atoms with Crippen molar-refractivity contribution in [2.45, 2.75) is 31.7 Å². The number of ether oxygens (including phenoxy) is 1. The molecule has 0 aliphatic rings. The van der Waals surface area contributed by atoms with E-state index < -0.39 is 6.36 Å². The molecule has 0 amide bonds. The summed E-state index contributed by atoms with van der Waals surface area (Å²) < 4.78 is 39.6. The van der Waals surface area contributed by atoms with Crippen LogP contribution in [0.4, 0.5) is 13.2 Å². The molecule has 18 heavy (non-hydrogen) atoms. The maximum Gasteiger partial charge on any atom is 0.573 e. The smallest absolute Gasteiger partial charge is 0.406 e. The van der Waals surface area contributed by atoms with Crippen molar-refractivity contribution in [3.63, 3.8) is 0 Å². The summed E-state index contributed by atoms with van der Waals surface area (Å²) >= 11 is 0. The Balaban J connectivity index is 2.57. The number of hydrogen-bond donors (Lipinski definition) is 1. The molecule has 0 saturated carbocycles. The van der Waals surface area contributed by atoms with Crippen LogP contribution in [0.2, 0.25) is 0 Å². The number of terminal acetylenes is 1. The van der Waals surface area contributed by atoms with E-state index in [0.29, 0.717) is 12.8 Å². The largest absolute Gasteiger partial charge is 0.573 e. The van der Waals surface area contributed by atoms with Gasteiger partial charge in [-0.1, -0.05) is 12.1 Å². The maximum absolute atomic E-state index is 11.9. The van der Waals surface area contributed by atoms with Gasteiger partial charge in [0.2, 0.25) is 0 Å². The van der Waals surface area contributed by atoms with Gasteiger partial charge in [0.15, 0.2) is 0 Å². The third-order valence-electron chi connectivity index (χ3n) is 2.38. The molecule has 0 aliphatic heterocycles. The molecule has 1 rings (SSSR count). The normalized spacial score (nSPS) is 12.8. The van der Waals surface area contributed by atoms with Gasteiger partial charge in [0.05, 0.1) is 0 Å². The van der Waals surface area contributed by atoms with Gasteiger partial charge in [-0.25, -0.2) is 0 Å². The van der Waals surface area contributed by atoms with Gasteiger partial charge < -0.3 is 10.5 Å². The Labute approximate surface area is 104 Å². The van der Waals surface area contributed by atoms with Crippen molar-refractivity contribution < 1.29 is 17.9 Å². The van der Waals surface area contributed by atoms with E-state index in [4.69, 9.17) is 12.2 Å². The van der Waals surface area contributed by atoms with Gasteiger partial charge in [-0.05, 0) is 30.5 Å². The monoisotopic (exact) mass is 257 g/mol. The van der Waals surface area contributed by atoms with Gasteiger partial charge in [-0.3, -0.25) is 0 Å². The van der Waals surface area contributed by atoms with E-state index >= 15 is 0 Å².